The zero-order chi connectivity index (χ0) is 17.9. The van der Waals surface area contributed by atoms with E-state index in [2.05, 4.69) is 15.0 Å². The van der Waals surface area contributed by atoms with E-state index in [1.54, 1.807) is 27.7 Å². The molecule has 0 saturated carbocycles. The molecule has 7 heteroatoms. The van der Waals surface area contributed by atoms with Crippen LogP contribution in [0.25, 0.3) is 0 Å². The van der Waals surface area contributed by atoms with E-state index in [1.165, 1.54) is 6.20 Å². The molecular weight excluding hydrogens is 330 g/mol. The lowest BCUT2D eigenvalue weighted by molar-refractivity contribution is 0.164. The average molecular weight is 355 g/mol. The highest BCUT2D eigenvalue weighted by Crippen LogP contribution is 2.20. The van der Waals surface area contributed by atoms with Crippen molar-refractivity contribution in [1.29, 1.82) is 0 Å². The maximum Gasteiger partial charge on any atom is 0.269 e. The molecule has 2 aliphatic rings. The molecule has 0 spiro atoms. The molecular formula is C19H25N5O2. The van der Waals surface area contributed by atoms with Gasteiger partial charge < -0.3 is 9.47 Å². The molecule has 0 N–H and O–H groups in total. The van der Waals surface area contributed by atoms with Crippen molar-refractivity contribution in [2.24, 2.45) is 5.92 Å². The smallest absolute Gasteiger partial charge is 0.269 e. The maximum atomic E-state index is 12.3. The lowest BCUT2D eigenvalue weighted by Gasteiger charge is -2.32. The first kappa shape index (κ1) is 17.1. The summed E-state index contributed by atoms with van der Waals surface area (Å²) in [6.07, 6.45) is 9.99. The minimum Gasteiger partial charge on any atom is -0.311 e. The molecule has 2 aromatic rings. The monoisotopic (exact) mass is 355 g/mol. The number of hydrogen-bond donors (Lipinski definition) is 0. The Hall–Kier alpha value is -2.28. The van der Waals surface area contributed by atoms with Crippen LogP contribution in [0.1, 0.15) is 30.5 Å². The van der Waals surface area contributed by atoms with Gasteiger partial charge in [0.05, 0.1) is 11.9 Å². The highest BCUT2D eigenvalue weighted by Gasteiger charge is 2.21. The molecule has 26 heavy (non-hydrogen) atoms. The molecule has 3 heterocycles. The molecule has 0 atom stereocenters. The van der Waals surface area contributed by atoms with Gasteiger partial charge in [-0.1, -0.05) is 0 Å². The van der Waals surface area contributed by atoms with Crippen LogP contribution in [0.15, 0.2) is 34.2 Å². The van der Waals surface area contributed by atoms with Crippen molar-refractivity contribution in [3.8, 4) is 0 Å². The van der Waals surface area contributed by atoms with Crippen LogP contribution in [0.2, 0.25) is 0 Å². The third kappa shape index (κ3) is 3.77. The Morgan fingerprint density at radius 3 is 2.73 bits per heavy atom. The molecule has 1 aliphatic carbocycles. The molecule has 0 aromatic carbocycles. The molecule has 1 aliphatic heterocycles. The highest BCUT2D eigenvalue weighted by atomic mass is 16.1. The van der Waals surface area contributed by atoms with E-state index in [1.807, 2.05) is 0 Å². The summed E-state index contributed by atoms with van der Waals surface area (Å²) in [6.45, 7) is 4.30. The van der Waals surface area contributed by atoms with Gasteiger partial charge in [-0.3, -0.25) is 14.6 Å². The standard InChI is InChI=1S/C19H25N5O2/c25-18-12-16-2-1-3-17(16)21-24(18)14-15-4-7-22(8-5-15)10-11-23-9-6-20-13-19(23)26/h6,9,12-13,15H,1-5,7-8,10-11,14H2. The third-order valence-electron chi connectivity index (χ3n) is 5.62. The summed E-state index contributed by atoms with van der Waals surface area (Å²) in [4.78, 5) is 30.2. The molecule has 138 valence electrons. The summed E-state index contributed by atoms with van der Waals surface area (Å²) in [5.74, 6) is 0.500. The molecule has 1 saturated heterocycles. The average Bonchev–Trinajstić information content (AvgIpc) is 3.09. The summed E-state index contributed by atoms with van der Waals surface area (Å²) in [7, 11) is 0. The molecule has 0 amide bonds. The normalized spacial score (nSPS) is 18.2. The van der Waals surface area contributed by atoms with E-state index < -0.39 is 0 Å². The zero-order valence-corrected chi connectivity index (χ0v) is 15.0. The minimum absolute atomic E-state index is 0.0464. The van der Waals surface area contributed by atoms with Crippen molar-refractivity contribution >= 4 is 0 Å². The Kier molecular flexibility index (Phi) is 4.97. The van der Waals surface area contributed by atoms with Gasteiger partial charge in [0.15, 0.2) is 0 Å². The third-order valence-corrected chi connectivity index (χ3v) is 5.62. The van der Waals surface area contributed by atoms with Crippen molar-refractivity contribution in [3.05, 3.63) is 56.6 Å². The Balaban J connectivity index is 1.30. The summed E-state index contributed by atoms with van der Waals surface area (Å²) < 4.78 is 3.38. The largest absolute Gasteiger partial charge is 0.311 e. The van der Waals surface area contributed by atoms with Gasteiger partial charge >= 0.3 is 0 Å². The van der Waals surface area contributed by atoms with E-state index in [4.69, 9.17) is 0 Å². The number of likely N-dealkylation sites (tertiary alicyclic amines) is 1. The van der Waals surface area contributed by atoms with Crippen molar-refractivity contribution in [3.63, 3.8) is 0 Å². The van der Waals surface area contributed by atoms with Crippen LogP contribution in [-0.4, -0.2) is 43.9 Å². The van der Waals surface area contributed by atoms with Crippen LogP contribution in [0, 0.1) is 5.92 Å². The fraction of sp³-hybridized carbons (Fsp3) is 0.579. The molecule has 2 aromatic heterocycles. The fourth-order valence-electron chi connectivity index (χ4n) is 4.01. The summed E-state index contributed by atoms with van der Waals surface area (Å²) >= 11 is 0. The van der Waals surface area contributed by atoms with Gasteiger partial charge in [-0.25, -0.2) is 4.68 Å². The number of piperidine rings is 1. The van der Waals surface area contributed by atoms with Gasteiger partial charge in [0.1, 0.15) is 0 Å². The van der Waals surface area contributed by atoms with E-state index in [9.17, 15) is 9.59 Å². The zero-order valence-electron chi connectivity index (χ0n) is 15.0. The Morgan fingerprint density at radius 2 is 1.92 bits per heavy atom. The lowest BCUT2D eigenvalue weighted by atomic mass is 9.97. The van der Waals surface area contributed by atoms with Crippen molar-refractivity contribution < 1.29 is 0 Å². The maximum absolute atomic E-state index is 12.3. The van der Waals surface area contributed by atoms with Crippen LogP contribution in [0.4, 0.5) is 0 Å². The summed E-state index contributed by atoms with van der Waals surface area (Å²) in [5, 5.41) is 4.60. The van der Waals surface area contributed by atoms with Gasteiger partial charge in [0.25, 0.3) is 11.1 Å². The van der Waals surface area contributed by atoms with E-state index in [0.29, 0.717) is 12.5 Å². The van der Waals surface area contributed by atoms with E-state index >= 15 is 0 Å². The van der Waals surface area contributed by atoms with Crippen molar-refractivity contribution in [1.82, 2.24) is 24.2 Å². The van der Waals surface area contributed by atoms with Crippen LogP contribution in [0.3, 0.4) is 0 Å². The quantitative estimate of drug-likeness (QED) is 0.789. The number of hydrogen-bond acceptors (Lipinski definition) is 5. The number of fused-ring (bicyclic) bond motifs is 1. The number of aromatic nitrogens is 4. The van der Waals surface area contributed by atoms with Crippen LogP contribution in [-0.2, 0) is 25.9 Å². The molecule has 1 fully saturated rings. The Labute approximate surface area is 152 Å². The first-order valence-corrected chi connectivity index (χ1v) is 9.52. The van der Waals surface area contributed by atoms with E-state index in [0.717, 1.165) is 69.5 Å². The van der Waals surface area contributed by atoms with Gasteiger partial charge in [0, 0.05) is 38.1 Å². The highest BCUT2D eigenvalue weighted by molar-refractivity contribution is 5.22. The van der Waals surface area contributed by atoms with Gasteiger partial charge in [0.2, 0.25) is 0 Å². The summed E-state index contributed by atoms with van der Waals surface area (Å²) in [6, 6.07) is 1.79. The Bertz CT molecular complexity index is 880. The second-order valence-corrected chi connectivity index (χ2v) is 7.38. The first-order chi connectivity index (χ1) is 12.7. The molecule has 4 rings (SSSR count). The van der Waals surface area contributed by atoms with Crippen LogP contribution < -0.4 is 11.1 Å². The second-order valence-electron chi connectivity index (χ2n) is 7.38. The molecule has 0 radical (unpaired) electrons. The van der Waals surface area contributed by atoms with Crippen molar-refractivity contribution in [2.45, 2.75) is 45.2 Å². The predicted octanol–water partition coefficient (Wildman–Crippen LogP) is 0.701. The second kappa shape index (κ2) is 7.53. The molecule has 0 unspecified atom stereocenters. The van der Waals surface area contributed by atoms with Crippen LogP contribution in [0.5, 0.6) is 0 Å². The van der Waals surface area contributed by atoms with Gasteiger partial charge in [-0.2, -0.15) is 5.10 Å². The minimum atomic E-state index is -0.0514. The van der Waals surface area contributed by atoms with Gasteiger partial charge in [-0.05, 0) is 56.7 Å². The fourth-order valence-corrected chi connectivity index (χ4v) is 4.01. The summed E-state index contributed by atoms with van der Waals surface area (Å²) in [5.41, 5.74) is 2.26. The number of aryl methyl sites for hydroxylation is 2. The molecule has 0 bridgehead atoms. The number of rotatable bonds is 5. The number of nitrogens with zero attached hydrogens (tertiary/aromatic N) is 5. The first-order valence-electron chi connectivity index (χ1n) is 9.52. The molecule has 7 nitrogen and oxygen atoms in total. The lowest BCUT2D eigenvalue weighted by Crippen LogP contribution is -2.39. The van der Waals surface area contributed by atoms with E-state index in [-0.39, 0.29) is 11.1 Å². The van der Waals surface area contributed by atoms with Crippen molar-refractivity contribution in [2.75, 3.05) is 19.6 Å². The topological polar surface area (TPSA) is 73.0 Å². The predicted molar refractivity (Wildman–Crippen MR) is 98.2 cm³/mol. The van der Waals surface area contributed by atoms with Crippen LogP contribution >= 0.6 is 0 Å². The Morgan fingerprint density at radius 1 is 1.08 bits per heavy atom. The SMILES string of the molecule is O=c1cnccn1CCN1CCC(Cn2nc3c(cc2=O)CCC3)CC1. The van der Waals surface area contributed by atoms with Gasteiger partial charge in [-0.15, -0.1) is 0 Å².